The number of aromatic nitrogens is 1. The van der Waals surface area contributed by atoms with Crippen LogP contribution in [0.5, 0.6) is 0 Å². The van der Waals surface area contributed by atoms with Gasteiger partial charge < -0.3 is 14.6 Å². The lowest BCUT2D eigenvalue weighted by atomic mass is 10.0. The van der Waals surface area contributed by atoms with Gasteiger partial charge in [0, 0.05) is 28.8 Å². The van der Waals surface area contributed by atoms with Gasteiger partial charge in [0.05, 0.1) is 30.0 Å². The number of anilines is 2. The van der Waals surface area contributed by atoms with Crippen molar-refractivity contribution in [3.63, 3.8) is 0 Å². The van der Waals surface area contributed by atoms with E-state index in [4.69, 9.17) is 4.74 Å². The van der Waals surface area contributed by atoms with E-state index in [0.29, 0.717) is 41.2 Å². The van der Waals surface area contributed by atoms with Crippen LogP contribution in [0.2, 0.25) is 0 Å². The first-order chi connectivity index (χ1) is 16.4. The van der Waals surface area contributed by atoms with Crippen molar-refractivity contribution in [2.45, 2.75) is 29.8 Å². The molecule has 0 spiro atoms. The minimum Gasteiger partial charge on any atom is -0.444 e. The van der Waals surface area contributed by atoms with Gasteiger partial charge in [0.1, 0.15) is 6.10 Å². The lowest BCUT2D eigenvalue weighted by Gasteiger charge is -2.23. The van der Waals surface area contributed by atoms with Gasteiger partial charge in [0.15, 0.2) is 0 Å². The number of rotatable bonds is 5. The molecule has 2 atom stereocenters. The van der Waals surface area contributed by atoms with E-state index in [1.54, 1.807) is 24.3 Å². The Labute approximate surface area is 198 Å². The molecule has 3 aromatic rings. The highest BCUT2D eigenvalue weighted by Gasteiger charge is 2.41. The second-order valence-corrected chi connectivity index (χ2v) is 9.67. The Morgan fingerprint density at radius 1 is 1.18 bits per heavy atom. The predicted molar refractivity (Wildman–Crippen MR) is 127 cm³/mol. The Bertz CT molecular complexity index is 1410. The monoisotopic (exact) mass is 480 g/mol. The van der Waals surface area contributed by atoms with Crippen LogP contribution in [-0.4, -0.2) is 41.5 Å². The lowest BCUT2D eigenvalue weighted by molar-refractivity contribution is -0.113. The second-order valence-electron chi connectivity index (χ2n) is 8.65. The maximum Gasteiger partial charge on any atom is 0.414 e. The van der Waals surface area contributed by atoms with E-state index in [9.17, 15) is 14.4 Å². The third kappa shape index (κ3) is 3.45. The Balaban J connectivity index is 1.13. The van der Waals surface area contributed by atoms with E-state index >= 15 is 4.39 Å². The summed E-state index contributed by atoms with van der Waals surface area (Å²) in [4.78, 5) is 38.9. The van der Waals surface area contributed by atoms with Crippen LogP contribution in [0, 0.1) is 0 Å². The molecule has 0 aliphatic carbocycles. The molecule has 0 saturated carbocycles. The van der Waals surface area contributed by atoms with Gasteiger partial charge in [-0.05, 0) is 36.1 Å². The Morgan fingerprint density at radius 3 is 2.94 bits per heavy atom. The van der Waals surface area contributed by atoms with Gasteiger partial charge in [-0.1, -0.05) is 18.2 Å². The van der Waals surface area contributed by atoms with E-state index < -0.39 is 18.0 Å². The molecule has 2 N–H and O–H groups in total. The highest BCUT2D eigenvalue weighted by atomic mass is 32.2. The number of fused-ring (bicyclic) bond motifs is 1. The molecular formula is C24H21FN4O4S. The molecule has 3 aliphatic rings. The molecule has 10 heteroatoms. The van der Waals surface area contributed by atoms with E-state index in [-0.39, 0.29) is 24.6 Å². The summed E-state index contributed by atoms with van der Waals surface area (Å²) in [6, 6.07) is 14.0. The summed E-state index contributed by atoms with van der Waals surface area (Å²) in [5.74, 6) is -1.57. The maximum absolute atomic E-state index is 15.9. The molecule has 1 aromatic heterocycles. The van der Waals surface area contributed by atoms with Crippen LogP contribution in [0.4, 0.5) is 20.6 Å². The summed E-state index contributed by atoms with van der Waals surface area (Å²) in [5.41, 5.74) is 2.15. The van der Waals surface area contributed by atoms with Gasteiger partial charge in [-0.25, -0.2) is 9.18 Å². The summed E-state index contributed by atoms with van der Waals surface area (Å²) >= 11 is 1.45. The number of nitrogens with zero attached hydrogens (tertiary/aromatic N) is 2. The number of cyclic esters (lactones) is 1. The zero-order valence-electron chi connectivity index (χ0n) is 18.0. The number of pyridine rings is 1. The van der Waals surface area contributed by atoms with Crippen molar-refractivity contribution in [1.29, 1.82) is 0 Å². The molecule has 6 rings (SSSR count). The quantitative estimate of drug-likeness (QED) is 0.545. The number of nitrogens with one attached hydrogen (secondary N) is 2. The molecule has 1 fully saturated rings. The molecule has 2 unspecified atom stereocenters. The van der Waals surface area contributed by atoms with Crippen molar-refractivity contribution in [2.75, 3.05) is 29.1 Å². The molecular weight excluding hydrogens is 459 g/mol. The van der Waals surface area contributed by atoms with Gasteiger partial charge in [-0.2, -0.15) is 0 Å². The van der Waals surface area contributed by atoms with Crippen molar-refractivity contribution in [1.82, 2.24) is 9.88 Å². The molecule has 2 aromatic carbocycles. The molecule has 0 bridgehead atoms. The molecule has 1 saturated heterocycles. The number of benzene rings is 2. The number of amides is 2. The number of carbonyl (C=O) groups excluding carboxylic acids is 2. The number of ether oxygens (including phenoxy) is 1. The second kappa shape index (κ2) is 7.85. The maximum atomic E-state index is 15.9. The Kier molecular flexibility index (Phi) is 4.89. The van der Waals surface area contributed by atoms with E-state index in [1.807, 2.05) is 18.2 Å². The van der Waals surface area contributed by atoms with Crippen LogP contribution in [0.15, 0.2) is 58.2 Å². The van der Waals surface area contributed by atoms with Crippen molar-refractivity contribution in [2.24, 2.45) is 0 Å². The average Bonchev–Trinajstić information content (AvgIpc) is 3.34. The smallest absolute Gasteiger partial charge is 0.414 e. The van der Waals surface area contributed by atoms with Crippen LogP contribution in [0.1, 0.15) is 12.0 Å². The van der Waals surface area contributed by atoms with Crippen LogP contribution in [0.3, 0.4) is 0 Å². The van der Waals surface area contributed by atoms with E-state index in [2.05, 4.69) is 10.6 Å². The average molecular weight is 481 g/mol. The largest absolute Gasteiger partial charge is 0.444 e. The van der Waals surface area contributed by atoms with Crippen molar-refractivity contribution >= 4 is 46.0 Å². The third-order valence-corrected chi connectivity index (χ3v) is 7.54. The highest BCUT2D eigenvalue weighted by molar-refractivity contribution is 8.00. The minimum absolute atomic E-state index is 0.0743. The van der Waals surface area contributed by atoms with Crippen molar-refractivity contribution in [3.05, 3.63) is 64.4 Å². The molecule has 2 amide bonds. The SMILES string of the molecule is O=C1CSc2ccc(N3CC(CCNC4(F)Cn5c(=O)ccc6cccc4c65)OC3=O)cc2N1. The first kappa shape index (κ1) is 21.2. The molecule has 4 heterocycles. The molecule has 0 radical (unpaired) electrons. The van der Waals surface area contributed by atoms with Crippen LogP contribution in [0.25, 0.3) is 10.9 Å². The number of para-hydroxylation sites is 1. The predicted octanol–water partition coefficient (Wildman–Crippen LogP) is 3.19. The standard InChI is InChI=1S/C24H21FN4O4S/c25-24(13-29-21(31)7-4-14-2-1-3-17(24)22(14)29)26-9-8-16-11-28(23(32)33-16)15-5-6-19-18(10-15)27-20(30)12-34-19/h1-7,10,16,26H,8-9,11-13H2,(H,27,30). The molecule has 34 heavy (non-hydrogen) atoms. The minimum atomic E-state index is -1.87. The fourth-order valence-electron chi connectivity index (χ4n) is 4.84. The van der Waals surface area contributed by atoms with Crippen LogP contribution in [-0.2, 0) is 21.9 Å². The molecule has 8 nitrogen and oxygen atoms in total. The number of thioether (sulfide) groups is 1. The number of carbonyl (C=O) groups is 2. The Morgan fingerprint density at radius 2 is 2.06 bits per heavy atom. The number of hydrogen-bond donors (Lipinski definition) is 2. The highest BCUT2D eigenvalue weighted by Crippen LogP contribution is 2.38. The zero-order valence-corrected chi connectivity index (χ0v) is 18.9. The summed E-state index contributed by atoms with van der Waals surface area (Å²) in [6.45, 7) is 0.491. The number of halogens is 1. The number of alkyl halides is 1. The van der Waals surface area contributed by atoms with Crippen molar-refractivity contribution in [3.8, 4) is 0 Å². The normalized spacial score (nSPS) is 23.2. The first-order valence-electron chi connectivity index (χ1n) is 11.0. The Hall–Kier alpha value is -3.37. The van der Waals surface area contributed by atoms with Gasteiger partial charge >= 0.3 is 6.09 Å². The first-order valence-corrected chi connectivity index (χ1v) is 12.0. The summed E-state index contributed by atoms with van der Waals surface area (Å²) in [5, 5.41) is 6.59. The lowest BCUT2D eigenvalue weighted by Crippen LogP contribution is -2.41. The van der Waals surface area contributed by atoms with Crippen LogP contribution >= 0.6 is 11.8 Å². The van der Waals surface area contributed by atoms with Gasteiger partial charge in [0.2, 0.25) is 11.7 Å². The molecule has 174 valence electrons. The topological polar surface area (TPSA) is 92.7 Å². The van der Waals surface area contributed by atoms with Crippen LogP contribution < -0.4 is 21.1 Å². The summed E-state index contributed by atoms with van der Waals surface area (Å²) in [7, 11) is 0. The van der Waals surface area contributed by atoms with Gasteiger partial charge in [-0.3, -0.25) is 19.8 Å². The van der Waals surface area contributed by atoms with Crippen molar-refractivity contribution < 1.29 is 18.7 Å². The fraction of sp³-hybridized carbons (Fsp3) is 0.292. The summed E-state index contributed by atoms with van der Waals surface area (Å²) in [6.07, 6.45) is -0.475. The fourth-order valence-corrected chi connectivity index (χ4v) is 5.63. The van der Waals surface area contributed by atoms with E-state index in [0.717, 1.165) is 10.3 Å². The summed E-state index contributed by atoms with van der Waals surface area (Å²) < 4.78 is 22.9. The van der Waals surface area contributed by atoms with Gasteiger partial charge in [0.25, 0.3) is 5.56 Å². The third-order valence-electron chi connectivity index (χ3n) is 6.46. The van der Waals surface area contributed by atoms with Gasteiger partial charge in [-0.15, -0.1) is 11.8 Å². The number of hydrogen-bond acceptors (Lipinski definition) is 6. The zero-order chi connectivity index (χ0) is 23.4. The van der Waals surface area contributed by atoms with E-state index in [1.165, 1.54) is 27.3 Å². The molecule has 3 aliphatic heterocycles.